The monoisotopic (exact) mass is 361 g/mol. The maximum absolute atomic E-state index is 12.4. The van der Waals surface area contributed by atoms with Crippen LogP contribution >= 0.6 is 11.3 Å². The molecule has 1 aromatic heterocycles. The van der Waals surface area contributed by atoms with Gasteiger partial charge in [0, 0.05) is 30.5 Å². The molecule has 5 nitrogen and oxygen atoms in total. The lowest BCUT2D eigenvalue weighted by molar-refractivity contribution is -0.116. The van der Waals surface area contributed by atoms with Gasteiger partial charge < -0.3 is 10.4 Å². The number of rotatable bonds is 6. The summed E-state index contributed by atoms with van der Waals surface area (Å²) in [5.74, 6) is -0.0107. The van der Waals surface area contributed by atoms with Crippen molar-refractivity contribution in [2.24, 2.45) is 0 Å². The highest BCUT2D eigenvalue weighted by Crippen LogP contribution is 2.37. The molecule has 1 aliphatic heterocycles. The van der Waals surface area contributed by atoms with Crippen LogP contribution in [0.25, 0.3) is 0 Å². The summed E-state index contributed by atoms with van der Waals surface area (Å²) in [6.45, 7) is 1.94. The fourth-order valence-corrected chi connectivity index (χ4v) is 5.29. The van der Waals surface area contributed by atoms with Crippen LogP contribution in [-0.2, 0) is 17.6 Å². The van der Waals surface area contributed by atoms with Gasteiger partial charge in [0.1, 0.15) is 11.1 Å². The normalized spacial score (nSPS) is 20.7. The van der Waals surface area contributed by atoms with Crippen LogP contribution in [0.3, 0.4) is 0 Å². The predicted molar refractivity (Wildman–Crippen MR) is 99.8 cm³/mol. The van der Waals surface area contributed by atoms with Crippen molar-refractivity contribution >= 4 is 22.2 Å². The van der Waals surface area contributed by atoms with Gasteiger partial charge in [0.25, 0.3) is 0 Å². The van der Waals surface area contributed by atoms with Crippen LogP contribution in [0.4, 0.5) is 5.00 Å². The highest BCUT2D eigenvalue weighted by molar-refractivity contribution is 7.16. The van der Waals surface area contributed by atoms with Crippen molar-refractivity contribution in [2.45, 2.75) is 63.8 Å². The van der Waals surface area contributed by atoms with E-state index in [1.165, 1.54) is 24.1 Å². The molecule has 1 unspecified atom stereocenters. The number of aryl methyl sites for hydroxylation is 1. The van der Waals surface area contributed by atoms with Crippen molar-refractivity contribution in [3.8, 4) is 6.07 Å². The average Bonchev–Trinajstić information content (AvgIpc) is 2.98. The molecular formula is C19H27N3O2S. The molecule has 25 heavy (non-hydrogen) atoms. The first-order chi connectivity index (χ1) is 12.2. The third-order valence-corrected chi connectivity index (χ3v) is 6.58. The van der Waals surface area contributed by atoms with Crippen molar-refractivity contribution in [2.75, 3.05) is 25.0 Å². The van der Waals surface area contributed by atoms with E-state index in [2.05, 4.69) is 16.3 Å². The van der Waals surface area contributed by atoms with E-state index in [0.717, 1.165) is 55.8 Å². The Labute approximate surface area is 153 Å². The van der Waals surface area contributed by atoms with Crippen LogP contribution in [0.15, 0.2) is 0 Å². The summed E-state index contributed by atoms with van der Waals surface area (Å²) >= 11 is 1.58. The molecule has 6 heteroatoms. The molecule has 0 aromatic carbocycles. The molecule has 2 aliphatic rings. The maximum atomic E-state index is 12.4. The second kappa shape index (κ2) is 8.79. The van der Waals surface area contributed by atoms with Gasteiger partial charge in [-0.05, 0) is 57.1 Å². The van der Waals surface area contributed by atoms with Gasteiger partial charge in [-0.3, -0.25) is 9.69 Å². The number of anilines is 1. The summed E-state index contributed by atoms with van der Waals surface area (Å²) < 4.78 is 0. The number of aliphatic hydroxyl groups is 1. The molecule has 2 heterocycles. The lowest BCUT2D eigenvalue weighted by atomic mass is 9.96. The predicted octanol–water partition coefficient (Wildman–Crippen LogP) is 3.06. The first kappa shape index (κ1) is 18.4. The Balaban J connectivity index is 1.58. The molecule has 1 atom stereocenters. The Morgan fingerprint density at radius 3 is 2.96 bits per heavy atom. The van der Waals surface area contributed by atoms with Gasteiger partial charge in [0.2, 0.25) is 5.91 Å². The first-order valence-electron chi connectivity index (χ1n) is 9.42. The highest BCUT2D eigenvalue weighted by Gasteiger charge is 2.24. The summed E-state index contributed by atoms with van der Waals surface area (Å²) in [5, 5.41) is 22.4. The van der Waals surface area contributed by atoms with Gasteiger partial charge in [-0.1, -0.05) is 6.42 Å². The van der Waals surface area contributed by atoms with Gasteiger partial charge in [-0.15, -0.1) is 11.3 Å². The number of thiophene rings is 1. The van der Waals surface area contributed by atoms with E-state index >= 15 is 0 Å². The molecule has 0 radical (unpaired) electrons. The number of hydrogen-bond donors (Lipinski definition) is 2. The minimum atomic E-state index is -0.0107. The summed E-state index contributed by atoms with van der Waals surface area (Å²) in [6, 6.07) is 2.69. The second-order valence-corrected chi connectivity index (χ2v) is 8.13. The van der Waals surface area contributed by atoms with Gasteiger partial charge in [0.05, 0.1) is 5.56 Å². The molecule has 1 aliphatic carbocycles. The minimum absolute atomic E-state index is 0.0107. The van der Waals surface area contributed by atoms with Crippen molar-refractivity contribution in [1.29, 1.82) is 5.26 Å². The number of nitrogens with one attached hydrogen (secondary N) is 1. The molecule has 3 rings (SSSR count). The summed E-state index contributed by atoms with van der Waals surface area (Å²) in [7, 11) is 0. The number of hydrogen-bond acceptors (Lipinski definition) is 5. The Kier molecular flexibility index (Phi) is 6.46. The number of nitrogens with zero attached hydrogens (tertiary/aromatic N) is 2. The molecule has 1 fully saturated rings. The van der Waals surface area contributed by atoms with E-state index in [0.29, 0.717) is 18.0 Å². The van der Waals surface area contributed by atoms with Crippen molar-refractivity contribution in [3.63, 3.8) is 0 Å². The molecule has 0 spiro atoms. The highest BCUT2D eigenvalue weighted by atomic mass is 32.1. The number of carbonyl (C=O) groups is 1. The average molecular weight is 362 g/mol. The standard InChI is InChI=1S/C19H27N3O2S/c20-13-16-15-6-1-2-7-17(15)25-19(16)21-18(24)8-11-22-10-4-3-5-14(22)9-12-23/h14,23H,1-12H2,(H,21,24). The Morgan fingerprint density at radius 2 is 2.16 bits per heavy atom. The fraction of sp³-hybridized carbons (Fsp3) is 0.684. The van der Waals surface area contributed by atoms with E-state index in [-0.39, 0.29) is 12.5 Å². The Hall–Kier alpha value is -1.42. The summed E-state index contributed by atoms with van der Waals surface area (Å²) in [5.41, 5.74) is 1.84. The van der Waals surface area contributed by atoms with E-state index in [1.807, 2.05) is 0 Å². The zero-order chi connectivity index (χ0) is 17.6. The van der Waals surface area contributed by atoms with E-state index in [4.69, 9.17) is 0 Å². The Morgan fingerprint density at radius 1 is 1.32 bits per heavy atom. The second-order valence-electron chi connectivity index (χ2n) is 7.02. The van der Waals surface area contributed by atoms with Crippen LogP contribution in [0.1, 0.15) is 60.9 Å². The van der Waals surface area contributed by atoms with Crippen LogP contribution in [0.5, 0.6) is 0 Å². The van der Waals surface area contributed by atoms with E-state index in [1.54, 1.807) is 11.3 Å². The largest absolute Gasteiger partial charge is 0.396 e. The zero-order valence-corrected chi connectivity index (χ0v) is 15.5. The summed E-state index contributed by atoms with van der Waals surface area (Å²) in [4.78, 5) is 16.0. The smallest absolute Gasteiger partial charge is 0.226 e. The topological polar surface area (TPSA) is 76.4 Å². The van der Waals surface area contributed by atoms with Crippen molar-refractivity contribution in [3.05, 3.63) is 16.0 Å². The minimum Gasteiger partial charge on any atom is -0.396 e. The van der Waals surface area contributed by atoms with Gasteiger partial charge in [-0.2, -0.15) is 5.26 Å². The molecule has 0 bridgehead atoms. The third kappa shape index (κ3) is 4.41. The number of carbonyl (C=O) groups excluding carboxylic acids is 1. The number of fused-ring (bicyclic) bond motifs is 1. The number of likely N-dealkylation sites (tertiary alicyclic amines) is 1. The maximum Gasteiger partial charge on any atom is 0.226 e. The van der Waals surface area contributed by atoms with Crippen LogP contribution in [0.2, 0.25) is 0 Å². The number of nitriles is 1. The lowest BCUT2D eigenvalue weighted by Gasteiger charge is -2.35. The third-order valence-electron chi connectivity index (χ3n) is 5.37. The molecular weight excluding hydrogens is 334 g/mol. The van der Waals surface area contributed by atoms with Crippen LogP contribution in [0, 0.1) is 11.3 Å². The Bertz CT molecular complexity index is 648. The number of aliphatic hydroxyl groups excluding tert-OH is 1. The van der Waals surface area contributed by atoms with Crippen LogP contribution < -0.4 is 5.32 Å². The SMILES string of the molecule is N#Cc1c(NC(=O)CCN2CCCCC2CCO)sc2c1CCCC2. The molecule has 0 saturated carbocycles. The van der Waals surface area contributed by atoms with Crippen molar-refractivity contribution in [1.82, 2.24) is 4.90 Å². The zero-order valence-electron chi connectivity index (χ0n) is 14.7. The first-order valence-corrected chi connectivity index (χ1v) is 10.2. The van der Waals surface area contributed by atoms with Crippen molar-refractivity contribution < 1.29 is 9.90 Å². The van der Waals surface area contributed by atoms with Crippen LogP contribution in [-0.4, -0.2) is 41.7 Å². The molecule has 1 aromatic rings. The summed E-state index contributed by atoms with van der Waals surface area (Å²) in [6.07, 6.45) is 9.01. The van der Waals surface area contributed by atoms with Gasteiger partial charge in [0.15, 0.2) is 0 Å². The quantitative estimate of drug-likeness (QED) is 0.816. The molecule has 136 valence electrons. The van der Waals surface area contributed by atoms with E-state index < -0.39 is 0 Å². The van der Waals surface area contributed by atoms with Gasteiger partial charge in [-0.25, -0.2) is 0 Å². The fourth-order valence-electron chi connectivity index (χ4n) is 4.04. The molecule has 2 N–H and O–H groups in total. The lowest BCUT2D eigenvalue weighted by Crippen LogP contribution is -2.41. The molecule has 1 saturated heterocycles. The van der Waals surface area contributed by atoms with E-state index in [9.17, 15) is 15.2 Å². The number of piperidine rings is 1. The van der Waals surface area contributed by atoms with Gasteiger partial charge >= 0.3 is 0 Å². The molecule has 1 amide bonds. The number of amides is 1.